The van der Waals surface area contributed by atoms with Crippen LogP contribution in [-0.2, 0) is 21.2 Å². The third kappa shape index (κ3) is 10.6. The molecular formula is C34H43N5O5S. The summed E-state index contributed by atoms with van der Waals surface area (Å²) in [5.41, 5.74) is 2.31. The molecular weight excluding hydrogens is 590 g/mol. The first-order valence-electron chi connectivity index (χ1n) is 14.8. The number of rotatable bonds is 16. The number of carbonyl (C=O) groups excluding carboxylic acids is 3. The molecule has 45 heavy (non-hydrogen) atoms. The summed E-state index contributed by atoms with van der Waals surface area (Å²) in [6.45, 7) is 8.00. The molecule has 0 saturated carbocycles. The van der Waals surface area contributed by atoms with Crippen molar-refractivity contribution in [3.05, 3.63) is 114 Å². The quantitative estimate of drug-likeness (QED) is 0.178. The summed E-state index contributed by atoms with van der Waals surface area (Å²) in [4.78, 5) is 39.7. The van der Waals surface area contributed by atoms with Gasteiger partial charge in [0.15, 0.2) is 0 Å². The van der Waals surface area contributed by atoms with Crippen LogP contribution in [0, 0.1) is 0 Å². The van der Waals surface area contributed by atoms with Gasteiger partial charge in [-0.3, -0.25) is 18.7 Å². The van der Waals surface area contributed by atoms with Gasteiger partial charge in [-0.25, -0.2) is 8.42 Å². The van der Waals surface area contributed by atoms with E-state index < -0.39 is 33.9 Å². The van der Waals surface area contributed by atoms with Crippen molar-refractivity contribution in [1.29, 1.82) is 0 Å². The second-order valence-corrected chi connectivity index (χ2v) is 12.9. The van der Waals surface area contributed by atoms with Crippen LogP contribution < -0.4 is 25.6 Å². The summed E-state index contributed by atoms with van der Waals surface area (Å²) < 4.78 is 25.9. The summed E-state index contributed by atoms with van der Waals surface area (Å²) in [5.74, 6) is -1.11. The minimum Gasteiger partial charge on any atom is -0.351 e. The van der Waals surface area contributed by atoms with Gasteiger partial charge in [0.25, 0.3) is 11.8 Å². The zero-order valence-electron chi connectivity index (χ0n) is 26.2. The maximum absolute atomic E-state index is 13.7. The van der Waals surface area contributed by atoms with Gasteiger partial charge in [-0.15, -0.1) is 6.58 Å². The number of benzene rings is 3. The zero-order chi connectivity index (χ0) is 33.0. The van der Waals surface area contributed by atoms with Gasteiger partial charge in [-0.2, -0.15) is 0 Å². The van der Waals surface area contributed by atoms with Crippen LogP contribution >= 0.6 is 0 Å². The van der Waals surface area contributed by atoms with E-state index in [1.54, 1.807) is 6.08 Å². The Kier molecular flexibility index (Phi) is 12.9. The van der Waals surface area contributed by atoms with Gasteiger partial charge >= 0.3 is 0 Å². The van der Waals surface area contributed by atoms with Crippen LogP contribution in [0.4, 0.5) is 5.69 Å². The maximum atomic E-state index is 13.7. The summed E-state index contributed by atoms with van der Waals surface area (Å²) in [5, 5.41) is 12.0. The fourth-order valence-electron chi connectivity index (χ4n) is 4.70. The fourth-order valence-corrected chi connectivity index (χ4v) is 5.18. The SMILES string of the molecule is C=CCNC(=O)[C@H](CC)NC[C@H](Cc1ccccc1)NC(=O)c1cc(C(=O)N[C@H](C)c2ccccc2)cc(N(C)S(C)(=O)=O)c1. The predicted molar refractivity (Wildman–Crippen MR) is 179 cm³/mol. The number of anilines is 1. The van der Waals surface area contributed by atoms with Crippen LogP contribution in [0.1, 0.15) is 58.2 Å². The third-order valence-corrected chi connectivity index (χ3v) is 8.57. The van der Waals surface area contributed by atoms with Crippen molar-refractivity contribution in [2.75, 3.05) is 30.7 Å². The summed E-state index contributed by atoms with van der Waals surface area (Å²) in [7, 11) is -2.32. The minimum atomic E-state index is -3.69. The molecule has 0 unspecified atom stereocenters. The van der Waals surface area contributed by atoms with Crippen molar-refractivity contribution in [3.8, 4) is 0 Å². The molecule has 3 rings (SSSR count). The molecule has 3 amide bonds. The standard InChI is InChI=1S/C34H43N5O5S/c1-6-18-35-34(42)31(7-2)36-23-29(19-25-14-10-8-11-15-25)38-33(41)28-20-27(21-30(22-28)39(4)45(5,43)44)32(40)37-24(3)26-16-12-9-13-17-26/h6,8-17,20-22,24,29,31,36H,1,7,18-19,23H2,2-5H3,(H,35,42)(H,37,40)(H,38,41)/t24-,29+,31+/m1/s1. The Bertz CT molecular complexity index is 1560. The van der Waals surface area contributed by atoms with Crippen LogP contribution in [0.2, 0.25) is 0 Å². The van der Waals surface area contributed by atoms with E-state index >= 15 is 0 Å². The first kappa shape index (κ1) is 35.0. The van der Waals surface area contributed by atoms with Gasteiger partial charge in [-0.1, -0.05) is 73.7 Å². The molecule has 240 valence electrons. The molecule has 3 aromatic rings. The second-order valence-electron chi connectivity index (χ2n) is 10.9. The lowest BCUT2D eigenvalue weighted by Crippen LogP contribution is -2.50. The van der Waals surface area contributed by atoms with Crippen LogP contribution in [0.15, 0.2) is 91.5 Å². The lowest BCUT2D eigenvalue weighted by molar-refractivity contribution is -0.123. The molecule has 0 aliphatic carbocycles. The topological polar surface area (TPSA) is 137 Å². The van der Waals surface area contributed by atoms with E-state index in [1.807, 2.05) is 74.5 Å². The van der Waals surface area contributed by atoms with Crippen molar-refractivity contribution in [2.45, 2.75) is 44.8 Å². The van der Waals surface area contributed by atoms with Crippen LogP contribution in [0.3, 0.4) is 0 Å². The van der Waals surface area contributed by atoms with E-state index in [4.69, 9.17) is 0 Å². The number of carbonyl (C=O) groups is 3. The normalized spacial score (nSPS) is 13.2. The molecule has 3 aromatic carbocycles. The molecule has 0 saturated heterocycles. The van der Waals surface area contributed by atoms with Crippen molar-refractivity contribution in [1.82, 2.24) is 21.3 Å². The van der Waals surface area contributed by atoms with Crippen LogP contribution in [0.5, 0.6) is 0 Å². The van der Waals surface area contributed by atoms with Gasteiger partial charge in [0.1, 0.15) is 0 Å². The number of amides is 3. The molecule has 0 aromatic heterocycles. The number of hydrogen-bond acceptors (Lipinski definition) is 6. The molecule has 0 radical (unpaired) electrons. The van der Waals surface area contributed by atoms with E-state index in [0.29, 0.717) is 19.4 Å². The van der Waals surface area contributed by atoms with Gasteiger partial charge in [0.2, 0.25) is 15.9 Å². The molecule has 0 aliphatic heterocycles. The fraction of sp³-hybridized carbons (Fsp3) is 0.324. The monoisotopic (exact) mass is 633 g/mol. The van der Waals surface area contributed by atoms with Crippen molar-refractivity contribution < 1.29 is 22.8 Å². The number of sulfonamides is 1. The molecule has 0 heterocycles. The molecule has 0 fully saturated rings. The second kappa shape index (κ2) is 16.6. The molecule has 0 spiro atoms. The highest BCUT2D eigenvalue weighted by molar-refractivity contribution is 7.92. The van der Waals surface area contributed by atoms with Crippen LogP contribution in [0.25, 0.3) is 0 Å². The van der Waals surface area contributed by atoms with Crippen molar-refractivity contribution >= 4 is 33.4 Å². The molecule has 3 atom stereocenters. The average Bonchev–Trinajstić information content (AvgIpc) is 3.03. The van der Waals surface area contributed by atoms with E-state index in [-0.39, 0.29) is 35.3 Å². The van der Waals surface area contributed by atoms with Gasteiger partial charge in [0.05, 0.1) is 24.0 Å². The molecule has 0 aliphatic rings. The van der Waals surface area contributed by atoms with Crippen molar-refractivity contribution in [2.24, 2.45) is 0 Å². The highest BCUT2D eigenvalue weighted by Crippen LogP contribution is 2.22. The summed E-state index contributed by atoms with van der Waals surface area (Å²) >= 11 is 0. The molecule has 11 heteroatoms. The molecule has 0 bridgehead atoms. The van der Waals surface area contributed by atoms with Gasteiger partial charge < -0.3 is 21.3 Å². The first-order chi connectivity index (χ1) is 21.4. The highest BCUT2D eigenvalue weighted by Gasteiger charge is 2.23. The third-order valence-electron chi connectivity index (χ3n) is 7.37. The Morgan fingerprint density at radius 3 is 2.04 bits per heavy atom. The average molecular weight is 634 g/mol. The lowest BCUT2D eigenvalue weighted by atomic mass is 10.0. The molecule has 10 nitrogen and oxygen atoms in total. The Morgan fingerprint density at radius 2 is 1.49 bits per heavy atom. The molecule has 4 N–H and O–H groups in total. The van der Waals surface area contributed by atoms with E-state index in [9.17, 15) is 22.8 Å². The smallest absolute Gasteiger partial charge is 0.251 e. The van der Waals surface area contributed by atoms with E-state index in [2.05, 4.69) is 27.8 Å². The van der Waals surface area contributed by atoms with Gasteiger partial charge in [-0.05, 0) is 49.1 Å². The highest BCUT2D eigenvalue weighted by atomic mass is 32.2. The number of nitrogens with zero attached hydrogens (tertiary/aromatic N) is 1. The van der Waals surface area contributed by atoms with Crippen LogP contribution in [-0.4, -0.2) is 64.6 Å². The number of hydrogen-bond donors (Lipinski definition) is 4. The number of nitrogens with one attached hydrogen (secondary N) is 4. The predicted octanol–water partition coefficient (Wildman–Crippen LogP) is 3.58. The maximum Gasteiger partial charge on any atom is 0.251 e. The lowest BCUT2D eigenvalue weighted by Gasteiger charge is -2.24. The summed E-state index contributed by atoms with van der Waals surface area (Å²) in [6, 6.07) is 22.1. The first-order valence-corrected chi connectivity index (χ1v) is 16.7. The summed E-state index contributed by atoms with van der Waals surface area (Å²) in [6.07, 6.45) is 3.66. The Morgan fingerprint density at radius 1 is 0.911 bits per heavy atom. The largest absolute Gasteiger partial charge is 0.351 e. The van der Waals surface area contributed by atoms with E-state index in [0.717, 1.165) is 21.7 Å². The zero-order valence-corrected chi connectivity index (χ0v) is 27.1. The van der Waals surface area contributed by atoms with Crippen molar-refractivity contribution in [3.63, 3.8) is 0 Å². The Hall–Kier alpha value is -4.48. The van der Waals surface area contributed by atoms with E-state index in [1.165, 1.54) is 25.2 Å². The Balaban J connectivity index is 1.90. The minimum absolute atomic E-state index is 0.120. The Labute approximate surface area is 266 Å². The van der Waals surface area contributed by atoms with Gasteiger partial charge in [0, 0.05) is 37.3 Å².